The van der Waals surface area contributed by atoms with Crippen molar-refractivity contribution in [1.82, 2.24) is 5.32 Å². The maximum Gasteiger partial charge on any atom is 0.306 e. The van der Waals surface area contributed by atoms with Crippen LogP contribution in [0.3, 0.4) is 0 Å². The minimum absolute atomic E-state index is 0.0208. The summed E-state index contributed by atoms with van der Waals surface area (Å²) < 4.78 is 6.84. The average molecular weight is 748 g/mol. The molecule has 300 valence electrons. The Morgan fingerprint density at radius 2 is 1.56 bits per heavy atom. The normalized spacial score (nSPS) is 40.7. The molecule has 4 heteroatoms. The van der Waals surface area contributed by atoms with Crippen molar-refractivity contribution in [2.24, 2.45) is 74.9 Å². The van der Waals surface area contributed by atoms with Gasteiger partial charge in [0, 0.05) is 22.4 Å². The Hall–Kier alpha value is -2.75. The van der Waals surface area contributed by atoms with Crippen molar-refractivity contribution in [2.45, 2.75) is 151 Å². The van der Waals surface area contributed by atoms with Crippen LogP contribution in [0.25, 0.3) is 0 Å². The summed E-state index contributed by atoms with van der Waals surface area (Å²) >= 11 is 0. The Morgan fingerprint density at radius 3 is 2.18 bits per heavy atom. The molecule has 0 heterocycles. The van der Waals surface area contributed by atoms with E-state index in [2.05, 4.69) is 98.5 Å². The summed E-state index contributed by atoms with van der Waals surface area (Å²) in [5.41, 5.74) is 9.48. The lowest BCUT2D eigenvalue weighted by Crippen LogP contribution is -2.64. The lowest BCUT2D eigenvalue weighted by atomic mass is 9.37. The highest BCUT2D eigenvalue weighted by Gasteiger charge is 2.66. The number of rotatable bonds is 9. The van der Waals surface area contributed by atoms with E-state index in [0.717, 1.165) is 31.4 Å². The van der Waals surface area contributed by atoms with E-state index in [-0.39, 0.29) is 45.6 Å². The van der Waals surface area contributed by atoms with Crippen LogP contribution in [-0.4, -0.2) is 22.7 Å². The zero-order valence-corrected chi connectivity index (χ0v) is 36.0. The highest BCUT2D eigenvalue weighted by atomic mass is 16.5. The molecule has 2 N–H and O–H groups in total. The molecule has 7 aliphatic carbocycles. The first kappa shape index (κ1) is 39.1. The number of carbonyl (C=O) groups is 1. The van der Waals surface area contributed by atoms with E-state index >= 15 is 0 Å². The van der Waals surface area contributed by atoms with Crippen molar-refractivity contribution in [2.75, 3.05) is 0 Å². The standard InChI is InChI=1S/C51H73NO3/c1-29(2)44-30(3)28-51(52-33(6)47(7,8)36-25-34-15-13-14-16-35(34)26-36)24-19-40-37(45(44)51)17-18-42-49(40,11)22-20-41-48(9,10)43(21-23-50(41,42)12)55-32(5)38-27-39(31(38)4)46(53)54/h13-16,29,31,36-43,52H,3,5-6,17-28H2,1-2,4,7-12H3,(H,53,54). The maximum atomic E-state index is 11.7. The Labute approximate surface area is 334 Å². The Kier molecular flexibility index (Phi) is 9.34. The van der Waals surface area contributed by atoms with Gasteiger partial charge in [-0.25, -0.2) is 0 Å². The van der Waals surface area contributed by atoms with Gasteiger partial charge in [0.2, 0.25) is 0 Å². The van der Waals surface area contributed by atoms with Crippen LogP contribution in [0.15, 0.2) is 72.2 Å². The van der Waals surface area contributed by atoms with E-state index in [9.17, 15) is 9.90 Å². The van der Waals surface area contributed by atoms with Crippen LogP contribution in [0.5, 0.6) is 0 Å². The third-order valence-electron chi connectivity index (χ3n) is 18.7. The van der Waals surface area contributed by atoms with Crippen molar-refractivity contribution in [3.05, 3.63) is 83.3 Å². The minimum atomic E-state index is -0.680. The number of carboxylic acids is 1. The molecular formula is C51H73NO3. The van der Waals surface area contributed by atoms with E-state index < -0.39 is 5.97 Å². The average Bonchev–Trinajstić information content (AvgIpc) is 3.67. The molecule has 1 aromatic carbocycles. The molecule has 5 saturated carbocycles. The van der Waals surface area contributed by atoms with Gasteiger partial charge in [-0.1, -0.05) is 106 Å². The summed E-state index contributed by atoms with van der Waals surface area (Å²) in [6, 6.07) is 9.06. The molecule has 0 aromatic heterocycles. The molecule has 11 atom stereocenters. The van der Waals surface area contributed by atoms with E-state index in [1.54, 1.807) is 11.1 Å². The van der Waals surface area contributed by atoms with Gasteiger partial charge in [-0.15, -0.1) is 0 Å². The van der Waals surface area contributed by atoms with Crippen molar-refractivity contribution in [3.8, 4) is 0 Å². The Bertz CT molecular complexity index is 1790. The monoisotopic (exact) mass is 748 g/mol. The second-order valence-corrected chi connectivity index (χ2v) is 22.1. The number of aliphatic carboxylic acids is 1. The highest BCUT2D eigenvalue weighted by Crippen LogP contribution is 2.72. The van der Waals surface area contributed by atoms with Crippen LogP contribution in [-0.2, 0) is 22.4 Å². The van der Waals surface area contributed by atoms with Crippen LogP contribution in [0.1, 0.15) is 138 Å². The van der Waals surface area contributed by atoms with Gasteiger partial charge in [-0.3, -0.25) is 4.79 Å². The van der Waals surface area contributed by atoms with Gasteiger partial charge in [-0.05, 0) is 157 Å². The summed E-state index contributed by atoms with van der Waals surface area (Å²) in [6.07, 6.45) is 14.0. The number of allylic oxidation sites excluding steroid dienone is 3. The fourth-order valence-corrected chi connectivity index (χ4v) is 15.4. The first-order chi connectivity index (χ1) is 25.8. The maximum absolute atomic E-state index is 11.7. The van der Waals surface area contributed by atoms with Gasteiger partial charge >= 0.3 is 5.97 Å². The first-order valence-corrected chi connectivity index (χ1v) is 22.3. The second kappa shape index (κ2) is 13.1. The van der Waals surface area contributed by atoms with Gasteiger partial charge in [0.15, 0.2) is 0 Å². The fraction of sp³-hybridized carbons (Fsp3) is 0.706. The molecule has 55 heavy (non-hydrogen) atoms. The molecule has 5 fully saturated rings. The molecule has 0 radical (unpaired) electrons. The molecule has 11 unspecified atom stereocenters. The predicted molar refractivity (Wildman–Crippen MR) is 225 cm³/mol. The lowest BCUT2D eigenvalue weighted by molar-refractivity contribution is -0.207. The number of hydrogen-bond donors (Lipinski definition) is 2. The van der Waals surface area contributed by atoms with E-state index in [1.807, 2.05) is 0 Å². The van der Waals surface area contributed by atoms with Crippen LogP contribution < -0.4 is 5.32 Å². The number of benzene rings is 1. The lowest BCUT2D eigenvalue weighted by Gasteiger charge is -2.69. The first-order valence-electron chi connectivity index (χ1n) is 22.3. The number of fused-ring (bicyclic) bond motifs is 8. The van der Waals surface area contributed by atoms with E-state index in [1.165, 1.54) is 67.3 Å². The van der Waals surface area contributed by atoms with Crippen LogP contribution in [0.4, 0.5) is 0 Å². The number of nitrogens with one attached hydrogen (secondary N) is 1. The van der Waals surface area contributed by atoms with E-state index in [4.69, 9.17) is 17.9 Å². The van der Waals surface area contributed by atoms with Crippen molar-refractivity contribution in [3.63, 3.8) is 0 Å². The Balaban J connectivity index is 1.03. The van der Waals surface area contributed by atoms with Gasteiger partial charge in [0.05, 0.1) is 17.2 Å². The van der Waals surface area contributed by atoms with Crippen LogP contribution >= 0.6 is 0 Å². The number of carboxylic acid groups (broad SMARTS) is 1. The molecule has 0 spiro atoms. The van der Waals surface area contributed by atoms with Gasteiger partial charge in [0.1, 0.15) is 6.10 Å². The summed E-state index contributed by atoms with van der Waals surface area (Å²) in [4.78, 5) is 11.7. The topological polar surface area (TPSA) is 58.6 Å². The largest absolute Gasteiger partial charge is 0.495 e. The van der Waals surface area contributed by atoms with Gasteiger partial charge < -0.3 is 15.2 Å². The third kappa shape index (κ3) is 5.73. The molecule has 0 saturated heterocycles. The SMILES string of the molecule is C=C1CC2(NC(=C)C(C)(C)C3Cc4ccccc4C3)CCC3C(CCC4C3(C)CCC3C(C)(C)C(OC(=C)C5CC(C(=O)O)C5C)CCC34C)C2=C1C(C)C. The Morgan fingerprint density at radius 1 is 0.909 bits per heavy atom. The molecule has 7 aliphatic rings. The molecule has 0 aliphatic heterocycles. The second-order valence-electron chi connectivity index (χ2n) is 22.1. The smallest absolute Gasteiger partial charge is 0.306 e. The quantitative estimate of drug-likeness (QED) is 0.247. The molecule has 1 aromatic rings. The molecular weight excluding hydrogens is 675 g/mol. The molecule has 8 rings (SSSR count). The van der Waals surface area contributed by atoms with Crippen LogP contribution in [0, 0.1) is 74.9 Å². The van der Waals surface area contributed by atoms with E-state index in [0.29, 0.717) is 47.3 Å². The number of ether oxygens (including phenoxy) is 1. The van der Waals surface area contributed by atoms with Crippen molar-refractivity contribution >= 4 is 5.97 Å². The molecule has 0 amide bonds. The predicted octanol–water partition coefficient (Wildman–Crippen LogP) is 12.1. The third-order valence-corrected chi connectivity index (χ3v) is 18.7. The van der Waals surface area contributed by atoms with Crippen molar-refractivity contribution in [1.29, 1.82) is 0 Å². The summed E-state index contributed by atoms with van der Waals surface area (Å²) in [5, 5.41) is 13.9. The van der Waals surface area contributed by atoms with Gasteiger partial charge in [0.25, 0.3) is 0 Å². The molecule has 4 nitrogen and oxygen atoms in total. The molecule has 0 bridgehead atoms. The fourth-order valence-electron chi connectivity index (χ4n) is 15.4. The zero-order chi connectivity index (χ0) is 39.6. The summed E-state index contributed by atoms with van der Waals surface area (Å²) in [7, 11) is 0. The van der Waals surface area contributed by atoms with Gasteiger partial charge in [-0.2, -0.15) is 0 Å². The van der Waals surface area contributed by atoms with Crippen LogP contribution in [0.2, 0.25) is 0 Å². The number of hydrogen-bond acceptors (Lipinski definition) is 3. The summed E-state index contributed by atoms with van der Waals surface area (Å²) in [6.45, 7) is 36.2. The minimum Gasteiger partial charge on any atom is -0.495 e. The summed E-state index contributed by atoms with van der Waals surface area (Å²) in [5.74, 6) is 3.75. The highest BCUT2D eigenvalue weighted by molar-refractivity contribution is 5.71. The van der Waals surface area contributed by atoms with Crippen molar-refractivity contribution < 1.29 is 14.6 Å². The zero-order valence-electron chi connectivity index (χ0n) is 36.0.